The Balaban J connectivity index is 2.06. The number of nitrogens with zero attached hydrogens (tertiary/aromatic N) is 1. The lowest BCUT2D eigenvalue weighted by Crippen LogP contribution is -2.11. The number of carbonyl (C=O) groups excluding carboxylic acids is 1. The van der Waals surface area contributed by atoms with Gasteiger partial charge in [-0.25, -0.2) is 0 Å². The van der Waals surface area contributed by atoms with Gasteiger partial charge in [0, 0.05) is 27.9 Å². The number of aromatic nitrogens is 1. The molecular weight excluding hydrogens is 332 g/mol. The van der Waals surface area contributed by atoms with Crippen LogP contribution in [0.15, 0.2) is 54.6 Å². The van der Waals surface area contributed by atoms with Crippen LogP contribution in [-0.2, 0) is 6.54 Å². The summed E-state index contributed by atoms with van der Waals surface area (Å²) < 4.78 is 2.19. The molecule has 0 fully saturated rings. The van der Waals surface area contributed by atoms with Gasteiger partial charge in [0.15, 0.2) is 0 Å². The van der Waals surface area contributed by atoms with E-state index in [9.17, 15) is 4.79 Å². The zero-order chi connectivity index (χ0) is 17.6. The highest BCUT2D eigenvalue weighted by Gasteiger charge is 2.16. The van der Waals surface area contributed by atoms with Crippen molar-refractivity contribution < 1.29 is 4.79 Å². The van der Waals surface area contributed by atoms with Crippen LogP contribution < -0.4 is 5.73 Å². The van der Waals surface area contributed by atoms with E-state index in [4.69, 9.17) is 17.3 Å². The first-order chi connectivity index (χ1) is 12.0. The van der Waals surface area contributed by atoms with Crippen molar-refractivity contribution in [2.45, 2.75) is 13.5 Å². The van der Waals surface area contributed by atoms with E-state index in [1.54, 1.807) is 6.07 Å². The predicted molar refractivity (Wildman–Crippen MR) is 102 cm³/mol. The summed E-state index contributed by atoms with van der Waals surface area (Å²) in [5, 5.41) is 2.47. The third kappa shape index (κ3) is 2.67. The quantitative estimate of drug-likeness (QED) is 0.573. The Morgan fingerprint density at radius 3 is 2.72 bits per heavy atom. The molecule has 4 rings (SSSR count). The molecule has 1 amide bonds. The van der Waals surface area contributed by atoms with Gasteiger partial charge in [0.05, 0.1) is 11.0 Å². The highest BCUT2D eigenvalue weighted by molar-refractivity contribution is 6.30. The number of nitrogens with two attached hydrogens (primary N) is 1. The van der Waals surface area contributed by atoms with Gasteiger partial charge in [-0.1, -0.05) is 35.9 Å². The molecular formula is C21H16ClN2O. The van der Waals surface area contributed by atoms with E-state index in [1.165, 1.54) is 0 Å². The molecule has 0 aliphatic heterocycles. The Labute approximate surface area is 150 Å². The summed E-state index contributed by atoms with van der Waals surface area (Å²) in [5.41, 5.74) is 10.3. The van der Waals surface area contributed by atoms with E-state index < -0.39 is 5.91 Å². The summed E-state index contributed by atoms with van der Waals surface area (Å²) in [5.74, 6) is -0.429. The molecule has 0 aliphatic carbocycles. The zero-order valence-corrected chi connectivity index (χ0v) is 14.5. The van der Waals surface area contributed by atoms with E-state index in [0.29, 0.717) is 17.1 Å². The summed E-state index contributed by atoms with van der Waals surface area (Å²) in [6.45, 7) is 2.69. The smallest absolute Gasteiger partial charge is 0.249 e. The third-order valence-corrected chi connectivity index (χ3v) is 4.67. The second-order valence-electron chi connectivity index (χ2n) is 6.22. The monoisotopic (exact) mass is 347 g/mol. The van der Waals surface area contributed by atoms with Crippen LogP contribution >= 0.6 is 11.6 Å². The molecule has 0 saturated heterocycles. The van der Waals surface area contributed by atoms with Crippen LogP contribution in [0.4, 0.5) is 0 Å². The minimum absolute atomic E-state index is 0.429. The van der Waals surface area contributed by atoms with Crippen LogP contribution in [0.5, 0.6) is 0 Å². The molecule has 4 aromatic rings. The van der Waals surface area contributed by atoms with Gasteiger partial charge in [0.2, 0.25) is 5.91 Å². The average molecular weight is 348 g/mol. The molecule has 25 heavy (non-hydrogen) atoms. The van der Waals surface area contributed by atoms with Crippen LogP contribution in [0, 0.1) is 13.0 Å². The average Bonchev–Trinajstić information content (AvgIpc) is 2.88. The predicted octanol–water partition coefficient (Wildman–Crippen LogP) is 4.70. The van der Waals surface area contributed by atoms with Crippen LogP contribution in [0.2, 0.25) is 5.02 Å². The molecule has 3 nitrogen and oxygen atoms in total. The second-order valence-corrected chi connectivity index (χ2v) is 6.65. The Morgan fingerprint density at radius 1 is 1.16 bits per heavy atom. The van der Waals surface area contributed by atoms with E-state index >= 15 is 0 Å². The Bertz CT molecular complexity index is 1130. The summed E-state index contributed by atoms with van der Waals surface area (Å²) in [7, 11) is 0. The van der Waals surface area contributed by atoms with Gasteiger partial charge in [-0.05, 0) is 54.4 Å². The Kier molecular flexibility index (Phi) is 3.74. The molecule has 0 spiro atoms. The maximum atomic E-state index is 11.9. The summed E-state index contributed by atoms with van der Waals surface area (Å²) in [6, 6.07) is 20.8. The summed E-state index contributed by atoms with van der Waals surface area (Å²) >= 11 is 6.14. The number of amides is 1. The first-order valence-electron chi connectivity index (χ1n) is 8.02. The lowest BCUT2D eigenvalue weighted by molar-refractivity contribution is 0.100. The number of fused-ring (bicyclic) bond motifs is 3. The number of carbonyl (C=O) groups is 1. The molecule has 0 atom stereocenters. The van der Waals surface area contributed by atoms with Gasteiger partial charge in [-0.3, -0.25) is 4.79 Å². The van der Waals surface area contributed by atoms with Gasteiger partial charge in [0.1, 0.15) is 0 Å². The molecule has 0 bridgehead atoms. The van der Waals surface area contributed by atoms with E-state index in [1.807, 2.05) is 49.4 Å². The van der Waals surface area contributed by atoms with Crippen LogP contribution in [-0.4, -0.2) is 10.5 Å². The van der Waals surface area contributed by atoms with Gasteiger partial charge < -0.3 is 10.3 Å². The van der Waals surface area contributed by atoms with E-state index in [0.717, 1.165) is 32.9 Å². The summed E-state index contributed by atoms with van der Waals surface area (Å²) in [4.78, 5) is 11.9. The lowest BCUT2D eigenvalue weighted by atomic mass is 10.1. The zero-order valence-electron chi connectivity index (χ0n) is 13.7. The van der Waals surface area contributed by atoms with E-state index in [2.05, 4.69) is 16.7 Å². The Hall–Kier alpha value is -2.78. The largest absolute Gasteiger partial charge is 0.366 e. The number of hydrogen-bond acceptors (Lipinski definition) is 1. The lowest BCUT2D eigenvalue weighted by Gasteiger charge is -2.09. The van der Waals surface area contributed by atoms with Crippen molar-refractivity contribution in [1.29, 1.82) is 0 Å². The third-order valence-electron chi connectivity index (χ3n) is 4.43. The van der Waals surface area contributed by atoms with Crippen molar-refractivity contribution in [3.8, 4) is 0 Å². The van der Waals surface area contributed by atoms with Crippen molar-refractivity contribution >= 4 is 39.3 Å². The summed E-state index contributed by atoms with van der Waals surface area (Å²) in [6.07, 6.45) is 0. The fraction of sp³-hybridized carbons (Fsp3) is 0.0952. The number of rotatable bonds is 3. The van der Waals surface area contributed by atoms with E-state index in [-0.39, 0.29) is 0 Å². The topological polar surface area (TPSA) is 48.0 Å². The van der Waals surface area contributed by atoms with Crippen molar-refractivity contribution in [3.63, 3.8) is 0 Å². The minimum Gasteiger partial charge on any atom is -0.366 e. The van der Waals surface area contributed by atoms with Gasteiger partial charge in [-0.2, -0.15) is 0 Å². The molecule has 1 aromatic heterocycles. The van der Waals surface area contributed by atoms with Crippen molar-refractivity contribution in [3.05, 3.63) is 82.4 Å². The maximum Gasteiger partial charge on any atom is 0.249 e. The first kappa shape index (κ1) is 15.7. The highest BCUT2D eigenvalue weighted by Crippen LogP contribution is 2.32. The molecule has 1 radical (unpaired) electrons. The number of hydrogen-bond donors (Lipinski definition) is 1. The molecule has 4 heteroatoms. The number of aryl methyl sites for hydroxylation is 1. The van der Waals surface area contributed by atoms with Crippen molar-refractivity contribution in [2.75, 3.05) is 0 Å². The van der Waals surface area contributed by atoms with Crippen LogP contribution in [0.1, 0.15) is 21.5 Å². The number of benzene rings is 3. The molecule has 1 heterocycles. The van der Waals surface area contributed by atoms with Gasteiger partial charge in [-0.15, -0.1) is 0 Å². The molecule has 123 valence electrons. The SMILES string of the molecule is Cc1c[c]c2c3c(C(N)=O)cccc3n(Cc3cccc(Cl)c3)c2c1. The van der Waals surface area contributed by atoms with Gasteiger partial charge >= 0.3 is 0 Å². The standard InChI is InChI=1S/C21H16ClN2O/c1-13-8-9-16-19(10-13)24(12-14-4-2-5-15(22)11-14)18-7-3-6-17(20(16)18)21(23)25/h2-8,10-11H,12H2,1H3,(H2,23,25). The number of halogens is 1. The number of primary amides is 1. The molecule has 0 unspecified atom stereocenters. The molecule has 0 aliphatic rings. The van der Waals surface area contributed by atoms with Crippen LogP contribution in [0.25, 0.3) is 21.8 Å². The Morgan fingerprint density at radius 2 is 1.96 bits per heavy atom. The highest BCUT2D eigenvalue weighted by atomic mass is 35.5. The van der Waals surface area contributed by atoms with Crippen molar-refractivity contribution in [2.24, 2.45) is 5.73 Å². The fourth-order valence-corrected chi connectivity index (χ4v) is 3.57. The fourth-order valence-electron chi connectivity index (χ4n) is 3.35. The van der Waals surface area contributed by atoms with Gasteiger partial charge in [0.25, 0.3) is 0 Å². The minimum atomic E-state index is -0.429. The van der Waals surface area contributed by atoms with Crippen molar-refractivity contribution in [1.82, 2.24) is 4.57 Å². The molecule has 2 N–H and O–H groups in total. The molecule has 0 saturated carbocycles. The second kappa shape index (κ2) is 5.94. The molecule has 3 aromatic carbocycles. The first-order valence-corrected chi connectivity index (χ1v) is 8.40. The van der Waals surface area contributed by atoms with Crippen LogP contribution in [0.3, 0.4) is 0 Å². The normalized spacial score (nSPS) is 11.3. The maximum absolute atomic E-state index is 11.9.